The third-order valence-electron chi connectivity index (χ3n) is 4.48. The number of likely N-dealkylation sites (N-methyl/N-ethyl adjacent to an activating group) is 1. The molecular formula is C18H23N5O2. The molecule has 0 saturated carbocycles. The van der Waals surface area contributed by atoms with E-state index in [1.165, 1.54) is 17.7 Å². The average molecular weight is 341 g/mol. The van der Waals surface area contributed by atoms with Crippen LogP contribution in [-0.2, 0) is 0 Å². The van der Waals surface area contributed by atoms with Crippen LogP contribution in [0.2, 0.25) is 0 Å². The number of hydrogen-bond donors (Lipinski definition) is 2. The molecule has 0 aliphatic carbocycles. The molecule has 1 fully saturated rings. The van der Waals surface area contributed by atoms with Gasteiger partial charge in [-0.15, -0.1) is 0 Å². The Labute approximate surface area is 146 Å². The highest BCUT2D eigenvalue weighted by atomic mass is 16.2. The second kappa shape index (κ2) is 8.04. The molecule has 2 heterocycles. The van der Waals surface area contributed by atoms with E-state index >= 15 is 0 Å². The van der Waals surface area contributed by atoms with E-state index in [-0.39, 0.29) is 17.2 Å². The lowest BCUT2D eigenvalue weighted by molar-refractivity contribution is 0.0840. The molecule has 1 amide bonds. The number of hydrogen-bond acceptors (Lipinski definition) is 5. The van der Waals surface area contributed by atoms with Crippen LogP contribution in [0.3, 0.4) is 0 Å². The van der Waals surface area contributed by atoms with Crippen LogP contribution in [0.5, 0.6) is 0 Å². The minimum atomic E-state index is -0.320. The molecule has 1 aliphatic rings. The molecule has 1 atom stereocenters. The maximum absolute atomic E-state index is 12.1. The van der Waals surface area contributed by atoms with Crippen LogP contribution in [0.25, 0.3) is 0 Å². The van der Waals surface area contributed by atoms with Crippen molar-refractivity contribution in [1.29, 1.82) is 0 Å². The van der Waals surface area contributed by atoms with Crippen molar-refractivity contribution in [2.24, 2.45) is 0 Å². The number of H-pyrrole nitrogens is 1. The molecule has 0 spiro atoms. The lowest BCUT2D eigenvalue weighted by Gasteiger charge is -2.40. The minimum Gasteiger partial charge on any atom is -0.349 e. The predicted molar refractivity (Wildman–Crippen MR) is 95.4 cm³/mol. The first-order chi connectivity index (χ1) is 12.1. The second-order valence-electron chi connectivity index (χ2n) is 6.29. The van der Waals surface area contributed by atoms with E-state index in [4.69, 9.17) is 0 Å². The maximum atomic E-state index is 12.1. The number of nitrogens with zero attached hydrogens (tertiary/aromatic N) is 3. The number of benzene rings is 1. The first-order valence-electron chi connectivity index (χ1n) is 8.45. The zero-order chi connectivity index (χ0) is 17.6. The van der Waals surface area contributed by atoms with Crippen molar-refractivity contribution in [2.75, 3.05) is 39.8 Å². The van der Waals surface area contributed by atoms with Crippen molar-refractivity contribution in [3.8, 4) is 0 Å². The number of aromatic nitrogens is 2. The quantitative estimate of drug-likeness (QED) is 0.827. The lowest BCUT2D eigenvalue weighted by Crippen LogP contribution is -2.49. The molecule has 3 rings (SSSR count). The van der Waals surface area contributed by atoms with E-state index in [0.29, 0.717) is 12.6 Å². The first-order valence-corrected chi connectivity index (χ1v) is 8.45. The van der Waals surface area contributed by atoms with Crippen LogP contribution in [0.15, 0.2) is 47.3 Å². The second-order valence-corrected chi connectivity index (χ2v) is 6.29. The number of carbonyl (C=O) groups is 1. The normalized spacial score (nSPS) is 18.8. The summed E-state index contributed by atoms with van der Waals surface area (Å²) in [6, 6.07) is 13.5. The molecule has 0 unspecified atom stereocenters. The van der Waals surface area contributed by atoms with Crippen molar-refractivity contribution in [3.63, 3.8) is 0 Å². The molecule has 7 nitrogen and oxygen atoms in total. The number of carbonyl (C=O) groups excluding carboxylic acids is 1. The smallest absolute Gasteiger partial charge is 0.271 e. The first kappa shape index (κ1) is 17.3. The van der Waals surface area contributed by atoms with Crippen LogP contribution < -0.4 is 10.9 Å². The Morgan fingerprint density at radius 3 is 2.76 bits per heavy atom. The Morgan fingerprint density at radius 1 is 1.24 bits per heavy atom. The monoisotopic (exact) mass is 341 g/mol. The standard InChI is InChI=1S/C18H23N5O2/c1-22-11-12-23(16(13-22)14-5-3-2-4-6-14)10-9-19-18(25)15-7-8-17(24)21-20-15/h2-8,16H,9-13H2,1H3,(H,19,25)(H,21,24)/t16-/m0/s1. The van der Waals surface area contributed by atoms with Crippen LogP contribution in [-0.4, -0.2) is 65.7 Å². The van der Waals surface area contributed by atoms with Gasteiger partial charge in [0.05, 0.1) is 0 Å². The Balaban J connectivity index is 1.58. The molecule has 0 bridgehead atoms. The zero-order valence-corrected chi connectivity index (χ0v) is 14.3. The fourth-order valence-corrected chi connectivity index (χ4v) is 3.09. The highest BCUT2D eigenvalue weighted by Gasteiger charge is 2.26. The van der Waals surface area contributed by atoms with Gasteiger partial charge in [0.25, 0.3) is 11.5 Å². The number of piperazine rings is 1. The van der Waals surface area contributed by atoms with Crippen molar-refractivity contribution in [1.82, 2.24) is 25.3 Å². The van der Waals surface area contributed by atoms with E-state index in [1.54, 1.807) is 0 Å². The number of aromatic amines is 1. The molecule has 1 aromatic heterocycles. The maximum Gasteiger partial charge on any atom is 0.271 e. The highest BCUT2D eigenvalue weighted by Crippen LogP contribution is 2.24. The van der Waals surface area contributed by atoms with Crippen molar-refractivity contribution in [3.05, 3.63) is 64.1 Å². The Hall–Kier alpha value is -2.51. The molecule has 1 saturated heterocycles. The summed E-state index contributed by atoms with van der Waals surface area (Å²) in [5.74, 6) is -0.276. The topological polar surface area (TPSA) is 81.3 Å². The van der Waals surface area contributed by atoms with Gasteiger partial charge in [0.15, 0.2) is 0 Å². The van der Waals surface area contributed by atoms with Gasteiger partial charge in [0.2, 0.25) is 0 Å². The van der Waals surface area contributed by atoms with E-state index < -0.39 is 0 Å². The Kier molecular flexibility index (Phi) is 5.57. The SMILES string of the molecule is CN1CCN(CCNC(=O)c2ccc(=O)[nH]n2)[C@H](c2ccccc2)C1. The minimum absolute atomic E-state index is 0.220. The van der Waals surface area contributed by atoms with Crippen molar-refractivity contribution < 1.29 is 4.79 Å². The van der Waals surface area contributed by atoms with Gasteiger partial charge in [-0.2, -0.15) is 5.10 Å². The molecule has 0 radical (unpaired) electrons. The van der Waals surface area contributed by atoms with Gasteiger partial charge in [0, 0.05) is 44.8 Å². The fraction of sp³-hybridized carbons (Fsp3) is 0.389. The summed E-state index contributed by atoms with van der Waals surface area (Å²) in [6.07, 6.45) is 0. The van der Waals surface area contributed by atoms with E-state index in [2.05, 4.69) is 56.6 Å². The van der Waals surface area contributed by atoms with E-state index in [0.717, 1.165) is 26.2 Å². The van der Waals surface area contributed by atoms with Crippen LogP contribution >= 0.6 is 0 Å². The van der Waals surface area contributed by atoms with Crippen LogP contribution in [0.1, 0.15) is 22.1 Å². The molecular weight excluding hydrogens is 318 g/mol. The van der Waals surface area contributed by atoms with Gasteiger partial charge in [-0.1, -0.05) is 30.3 Å². The number of amides is 1. The number of rotatable bonds is 5. The summed E-state index contributed by atoms with van der Waals surface area (Å²) in [5.41, 5.74) is 1.19. The fourth-order valence-electron chi connectivity index (χ4n) is 3.09. The molecule has 1 aliphatic heterocycles. The van der Waals surface area contributed by atoms with E-state index in [9.17, 15) is 9.59 Å². The number of nitrogens with one attached hydrogen (secondary N) is 2. The molecule has 2 N–H and O–H groups in total. The van der Waals surface area contributed by atoms with Crippen LogP contribution in [0.4, 0.5) is 0 Å². The summed E-state index contributed by atoms with van der Waals surface area (Å²) in [4.78, 5) is 27.8. The Bertz CT molecular complexity index is 741. The molecule has 1 aromatic carbocycles. The van der Waals surface area contributed by atoms with Gasteiger partial charge < -0.3 is 10.2 Å². The summed E-state index contributed by atoms with van der Waals surface area (Å²) >= 11 is 0. The summed E-state index contributed by atoms with van der Waals surface area (Å²) < 4.78 is 0. The summed E-state index contributed by atoms with van der Waals surface area (Å²) in [5, 5.41) is 8.89. The summed E-state index contributed by atoms with van der Waals surface area (Å²) in [7, 11) is 2.14. The summed E-state index contributed by atoms with van der Waals surface area (Å²) in [6.45, 7) is 4.25. The third kappa shape index (κ3) is 4.52. The largest absolute Gasteiger partial charge is 0.349 e. The molecule has 132 valence electrons. The average Bonchev–Trinajstić information content (AvgIpc) is 2.64. The molecule has 2 aromatic rings. The van der Waals surface area contributed by atoms with Gasteiger partial charge >= 0.3 is 0 Å². The highest BCUT2D eigenvalue weighted by molar-refractivity contribution is 5.91. The zero-order valence-electron chi connectivity index (χ0n) is 14.3. The van der Waals surface area contributed by atoms with E-state index in [1.807, 2.05) is 6.07 Å². The van der Waals surface area contributed by atoms with Gasteiger partial charge in [-0.05, 0) is 18.7 Å². The third-order valence-corrected chi connectivity index (χ3v) is 4.48. The molecule has 25 heavy (non-hydrogen) atoms. The van der Waals surface area contributed by atoms with Crippen molar-refractivity contribution >= 4 is 5.91 Å². The van der Waals surface area contributed by atoms with Crippen molar-refractivity contribution in [2.45, 2.75) is 6.04 Å². The predicted octanol–water partition coefficient (Wildman–Crippen LogP) is 0.488. The van der Waals surface area contributed by atoms with Crippen LogP contribution in [0, 0.1) is 0 Å². The Morgan fingerprint density at radius 2 is 2.04 bits per heavy atom. The van der Waals surface area contributed by atoms with Gasteiger partial charge in [-0.3, -0.25) is 14.5 Å². The van der Waals surface area contributed by atoms with Gasteiger partial charge in [-0.25, -0.2) is 5.10 Å². The van der Waals surface area contributed by atoms with Gasteiger partial charge in [0.1, 0.15) is 5.69 Å². The lowest BCUT2D eigenvalue weighted by atomic mass is 10.0. The molecule has 7 heteroatoms.